The number of carbonyl (C=O) groups excluding carboxylic acids is 1. The Hall–Kier alpha value is -2.60. The van der Waals surface area contributed by atoms with Gasteiger partial charge in [-0.05, 0) is 35.9 Å². The summed E-state index contributed by atoms with van der Waals surface area (Å²) in [6.07, 6.45) is 1.42. The predicted molar refractivity (Wildman–Crippen MR) is 74.3 cm³/mol. The van der Waals surface area contributed by atoms with Gasteiger partial charge in [-0.3, -0.25) is 15.6 Å². The lowest BCUT2D eigenvalue weighted by Crippen LogP contribution is -2.29. The van der Waals surface area contributed by atoms with Crippen molar-refractivity contribution < 1.29 is 9.21 Å². The van der Waals surface area contributed by atoms with Gasteiger partial charge in [0.15, 0.2) is 11.6 Å². The van der Waals surface area contributed by atoms with Crippen LogP contribution in [0, 0.1) is 0 Å². The molecule has 0 aliphatic heterocycles. The monoisotopic (exact) mass is 288 g/mol. The van der Waals surface area contributed by atoms with Crippen LogP contribution < -0.4 is 10.9 Å². The Bertz CT molecular complexity index is 758. The Kier molecular flexibility index (Phi) is 3.22. The molecule has 2 N–H and O–H groups in total. The first kappa shape index (κ1) is 12.4. The van der Waals surface area contributed by atoms with Crippen LogP contribution >= 0.6 is 11.6 Å². The number of benzene rings is 1. The minimum Gasteiger partial charge on any atom is -0.459 e. The van der Waals surface area contributed by atoms with E-state index in [4.69, 9.17) is 16.0 Å². The van der Waals surface area contributed by atoms with Crippen LogP contribution in [0.1, 0.15) is 10.6 Å². The maximum Gasteiger partial charge on any atom is 0.305 e. The molecule has 0 saturated heterocycles. The highest BCUT2D eigenvalue weighted by Crippen LogP contribution is 2.21. The smallest absolute Gasteiger partial charge is 0.305 e. The van der Waals surface area contributed by atoms with Crippen molar-refractivity contribution in [2.24, 2.45) is 0 Å². The summed E-state index contributed by atoms with van der Waals surface area (Å²) < 4.78 is 4.98. The number of halogens is 1. The number of fused-ring (bicyclic) bond motifs is 1. The van der Waals surface area contributed by atoms with Crippen molar-refractivity contribution >= 4 is 34.2 Å². The summed E-state index contributed by atoms with van der Waals surface area (Å²) in [7, 11) is 0. The van der Waals surface area contributed by atoms with Gasteiger partial charge in [-0.15, -0.1) is 0 Å². The van der Waals surface area contributed by atoms with Crippen LogP contribution in [0.3, 0.4) is 0 Å². The van der Waals surface area contributed by atoms with E-state index in [1.165, 1.54) is 6.26 Å². The summed E-state index contributed by atoms with van der Waals surface area (Å²) in [6.45, 7) is 0. The molecule has 0 saturated carbocycles. The SMILES string of the molecule is O=C(NNc1nc(Cl)nc2ccccc12)c1ccco1. The van der Waals surface area contributed by atoms with Crippen molar-refractivity contribution in [3.05, 3.63) is 53.7 Å². The Morgan fingerprint density at radius 3 is 2.80 bits per heavy atom. The van der Waals surface area contributed by atoms with Gasteiger partial charge in [0.25, 0.3) is 0 Å². The van der Waals surface area contributed by atoms with Crippen LogP contribution in [0.4, 0.5) is 5.82 Å². The van der Waals surface area contributed by atoms with Crippen LogP contribution in [0.5, 0.6) is 0 Å². The first-order chi connectivity index (χ1) is 9.74. The second kappa shape index (κ2) is 5.18. The molecule has 0 aliphatic carbocycles. The molecule has 6 nitrogen and oxygen atoms in total. The van der Waals surface area contributed by atoms with Crippen LogP contribution in [0.15, 0.2) is 47.1 Å². The second-order valence-electron chi connectivity index (χ2n) is 3.91. The summed E-state index contributed by atoms with van der Waals surface area (Å²) in [6, 6.07) is 10.5. The van der Waals surface area contributed by atoms with Gasteiger partial charge in [0.05, 0.1) is 11.8 Å². The molecule has 1 aromatic carbocycles. The maximum atomic E-state index is 11.8. The topological polar surface area (TPSA) is 80.0 Å². The molecular weight excluding hydrogens is 280 g/mol. The molecule has 20 heavy (non-hydrogen) atoms. The Balaban J connectivity index is 1.86. The molecule has 0 fully saturated rings. The fraction of sp³-hybridized carbons (Fsp3) is 0. The zero-order chi connectivity index (χ0) is 13.9. The molecule has 0 atom stereocenters. The van der Waals surface area contributed by atoms with Crippen molar-refractivity contribution in [3.63, 3.8) is 0 Å². The van der Waals surface area contributed by atoms with E-state index in [9.17, 15) is 4.79 Å². The van der Waals surface area contributed by atoms with Gasteiger partial charge in [0.1, 0.15) is 0 Å². The Morgan fingerprint density at radius 2 is 2.00 bits per heavy atom. The van der Waals surface area contributed by atoms with E-state index in [1.54, 1.807) is 12.1 Å². The molecule has 0 unspecified atom stereocenters. The number of anilines is 1. The summed E-state index contributed by atoms with van der Waals surface area (Å²) in [5.41, 5.74) is 5.89. The van der Waals surface area contributed by atoms with Crippen molar-refractivity contribution in [2.45, 2.75) is 0 Å². The lowest BCUT2D eigenvalue weighted by molar-refractivity contribution is 0.0935. The summed E-state index contributed by atoms with van der Waals surface area (Å²) in [5, 5.41) is 0.843. The lowest BCUT2D eigenvalue weighted by atomic mass is 10.2. The first-order valence-corrected chi connectivity index (χ1v) is 6.14. The molecule has 7 heteroatoms. The van der Waals surface area contributed by atoms with Gasteiger partial charge in [0, 0.05) is 5.39 Å². The average molecular weight is 289 g/mol. The number of nitrogens with zero attached hydrogens (tertiary/aromatic N) is 2. The number of aromatic nitrogens is 2. The average Bonchev–Trinajstić information content (AvgIpc) is 2.98. The summed E-state index contributed by atoms with van der Waals surface area (Å²) in [5.74, 6) is 0.205. The minimum atomic E-state index is -0.409. The van der Waals surface area contributed by atoms with E-state index in [0.29, 0.717) is 11.3 Å². The molecule has 100 valence electrons. The number of rotatable bonds is 3. The highest BCUT2D eigenvalue weighted by atomic mass is 35.5. The predicted octanol–water partition coefficient (Wildman–Crippen LogP) is 2.63. The lowest BCUT2D eigenvalue weighted by Gasteiger charge is -2.09. The fourth-order valence-corrected chi connectivity index (χ4v) is 1.90. The highest BCUT2D eigenvalue weighted by molar-refractivity contribution is 6.28. The summed E-state index contributed by atoms with van der Waals surface area (Å²) >= 11 is 5.85. The number of carbonyl (C=O) groups is 1. The van der Waals surface area contributed by atoms with Crippen molar-refractivity contribution in [2.75, 3.05) is 5.43 Å². The molecule has 0 radical (unpaired) electrons. The van der Waals surface area contributed by atoms with Crippen LogP contribution in [0.2, 0.25) is 5.28 Å². The molecule has 0 spiro atoms. The standard InChI is InChI=1S/C13H9ClN4O2/c14-13-15-9-5-2-1-4-8(9)11(16-13)17-18-12(19)10-6-3-7-20-10/h1-7H,(H,18,19)(H,15,16,17). The van der Waals surface area contributed by atoms with Gasteiger partial charge < -0.3 is 4.42 Å². The highest BCUT2D eigenvalue weighted by Gasteiger charge is 2.10. The number of hydrogen-bond donors (Lipinski definition) is 2. The number of hydrazine groups is 1. The number of hydrogen-bond acceptors (Lipinski definition) is 5. The molecule has 3 aromatic rings. The van der Waals surface area contributed by atoms with Gasteiger partial charge >= 0.3 is 5.91 Å². The van der Waals surface area contributed by atoms with Crippen LogP contribution in [-0.4, -0.2) is 15.9 Å². The van der Waals surface area contributed by atoms with E-state index in [0.717, 1.165) is 5.39 Å². The minimum absolute atomic E-state index is 0.0958. The molecular formula is C13H9ClN4O2. The molecule has 3 rings (SSSR count). The van der Waals surface area contributed by atoms with Crippen molar-refractivity contribution in [1.82, 2.24) is 15.4 Å². The number of nitrogens with one attached hydrogen (secondary N) is 2. The quantitative estimate of drug-likeness (QED) is 0.572. The Morgan fingerprint density at radius 1 is 1.15 bits per heavy atom. The van der Waals surface area contributed by atoms with Crippen molar-refractivity contribution in [1.29, 1.82) is 0 Å². The first-order valence-electron chi connectivity index (χ1n) is 5.76. The van der Waals surface area contributed by atoms with E-state index in [2.05, 4.69) is 20.8 Å². The Labute approximate surface area is 118 Å². The maximum absolute atomic E-state index is 11.8. The van der Waals surface area contributed by atoms with Gasteiger partial charge in [-0.2, -0.15) is 4.98 Å². The molecule has 0 bridgehead atoms. The number of furan rings is 1. The normalized spacial score (nSPS) is 10.4. The van der Waals surface area contributed by atoms with Gasteiger partial charge in [-0.1, -0.05) is 12.1 Å². The number of amides is 1. The van der Waals surface area contributed by atoms with E-state index in [-0.39, 0.29) is 11.0 Å². The van der Waals surface area contributed by atoms with E-state index < -0.39 is 5.91 Å². The third kappa shape index (κ3) is 2.41. The second-order valence-corrected chi connectivity index (χ2v) is 4.25. The van der Waals surface area contributed by atoms with Crippen molar-refractivity contribution in [3.8, 4) is 0 Å². The zero-order valence-electron chi connectivity index (χ0n) is 10.1. The van der Waals surface area contributed by atoms with E-state index >= 15 is 0 Å². The number of para-hydroxylation sites is 1. The van der Waals surface area contributed by atoms with Gasteiger partial charge in [-0.25, -0.2) is 4.98 Å². The molecule has 2 aromatic heterocycles. The van der Waals surface area contributed by atoms with Crippen LogP contribution in [-0.2, 0) is 0 Å². The van der Waals surface area contributed by atoms with Gasteiger partial charge in [0.2, 0.25) is 5.28 Å². The largest absolute Gasteiger partial charge is 0.459 e. The van der Waals surface area contributed by atoms with Crippen LogP contribution in [0.25, 0.3) is 10.9 Å². The fourth-order valence-electron chi connectivity index (χ4n) is 1.73. The summed E-state index contributed by atoms with van der Waals surface area (Å²) in [4.78, 5) is 19.9. The third-order valence-electron chi connectivity index (χ3n) is 2.62. The molecule has 0 aliphatic rings. The molecule has 1 amide bonds. The van der Waals surface area contributed by atoms with E-state index in [1.807, 2.05) is 24.3 Å². The zero-order valence-corrected chi connectivity index (χ0v) is 10.9. The third-order valence-corrected chi connectivity index (χ3v) is 2.78. The molecule has 2 heterocycles.